The lowest BCUT2D eigenvalue weighted by molar-refractivity contribution is 0.217. The van der Waals surface area contributed by atoms with Gasteiger partial charge in [-0.1, -0.05) is 0 Å². The van der Waals surface area contributed by atoms with Crippen molar-refractivity contribution >= 4 is 5.69 Å². The number of nitriles is 1. The van der Waals surface area contributed by atoms with Crippen LogP contribution >= 0.6 is 0 Å². The zero-order valence-electron chi connectivity index (χ0n) is 10.4. The molecule has 2 aromatic carbocycles. The first-order valence-electron chi connectivity index (χ1n) is 5.89. The fraction of sp³-hybridized carbons (Fsp3) is 0.133. The maximum atomic E-state index is 8.67. The standard InChI is InChI=1S/C15H14N2O2/c16-11-12-1-5-14(6-2-12)18-9-10-19-15-7-3-13(17)4-8-15/h1-8H,9-10,17H2. The van der Waals surface area contributed by atoms with Gasteiger partial charge in [0.05, 0.1) is 11.6 Å². The second-order valence-corrected chi connectivity index (χ2v) is 3.90. The minimum absolute atomic E-state index is 0.441. The van der Waals surface area contributed by atoms with E-state index in [-0.39, 0.29) is 0 Å². The van der Waals surface area contributed by atoms with E-state index in [4.69, 9.17) is 20.5 Å². The first kappa shape index (κ1) is 12.8. The van der Waals surface area contributed by atoms with Gasteiger partial charge < -0.3 is 15.2 Å². The molecule has 0 unspecified atom stereocenters. The van der Waals surface area contributed by atoms with E-state index in [1.807, 2.05) is 12.1 Å². The molecule has 0 spiro atoms. The largest absolute Gasteiger partial charge is 0.490 e. The molecular weight excluding hydrogens is 240 g/mol. The third kappa shape index (κ3) is 3.93. The summed E-state index contributed by atoms with van der Waals surface area (Å²) in [6, 6.07) is 16.2. The van der Waals surface area contributed by atoms with Crippen LogP contribution in [0.1, 0.15) is 5.56 Å². The molecule has 2 rings (SSSR count). The molecule has 0 aliphatic heterocycles. The fourth-order valence-electron chi connectivity index (χ4n) is 1.51. The molecule has 0 heterocycles. The SMILES string of the molecule is N#Cc1ccc(OCCOc2ccc(N)cc2)cc1. The van der Waals surface area contributed by atoms with Crippen molar-refractivity contribution in [3.63, 3.8) is 0 Å². The van der Waals surface area contributed by atoms with E-state index >= 15 is 0 Å². The average Bonchev–Trinajstić information content (AvgIpc) is 2.46. The molecule has 0 aliphatic carbocycles. The molecular formula is C15H14N2O2. The zero-order chi connectivity index (χ0) is 13.5. The highest BCUT2D eigenvalue weighted by Gasteiger charge is 1.96. The van der Waals surface area contributed by atoms with Crippen LogP contribution < -0.4 is 15.2 Å². The summed E-state index contributed by atoms with van der Waals surface area (Å²) in [6.45, 7) is 0.889. The topological polar surface area (TPSA) is 68.3 Å². The van der Waals surface area contributed by atoms with Gasteiger partial charge in [-0.05, 0) is 48.5 Å². The van der Waals surface area contributed by atoms with Crippen LogP contribution in [0.5, 0.6) is 11.5 Å². The lowest BCUT2D eigenvalue weighted by Crippen LogP contribution is -2.08. The van der Waals surface area contributed by atoms with E-state index in [2.05, 4.69) is 6.07 Å². The maximum absolute atomic E-state index is 8.67. The lowest BCUT2D eigenvalue weighted by atomic mass is 10.2. The molecule has 2 aromatic rings. The summed E-state index contributed by atoms with van der Waals surface area (Å²) in [7, 11) is 0. The first-order chi connectivity index (χ1) is 9.28. The van der Waals surface area contributed by atoms with Gasteiger partial charge in [-0.25, -0.2) is 0 Å². The maximum Gasteiger partial charge on any atom is 0.122 e. The highest BCUT2D eigenvalue weighted by atomic mass is 16.5. The number of nitrogens with two attached hydrogens (primary N) is 1. The number of benzene rings is 2. The Morgan fingerprint density at radius 3 is 1.79 bits per heavy atom. The molecule has 0 atom stereocenters. The summed E-state index contributed by atoms with van der Waals surface area (Å²) in [5, 5.41) is 8.67. The molecule has 0 bridgehead atoms. The van der Waals surface area contributed by atoms with Gasteiger partial charge in [0.2, 0.25) is 0 Å². The Hall–Kier alpha value is -2.67. The lowest BCUT2D eigenvalue weighted by Gasteiger charge is -2.08. The Morgan fingerprint density at radius 2 is 1.32 bits per heavy atom. The highest BCUT2D eigenvalue weighted by molar-refractivity contribution is 5.41. The number of nitrogen functional groups attached to an aromatic ring is 1. The Kier molecular flexibility index (Phi) is 4.25. The molecule has 4 heteroatoms. The van der Waals surface area contributed by atoms with Crippen molar-refractivity contribution in [2.45, 2.75) is 0 Å². The normalized spacial score (nSPS) is 9.63. The summed E-state index contributed by atoms with van der Waals surface area (Å²) >= 11 is 0. The number of hydrogen-bond donors (Lipinski definition) is 1. The quantitative estimate of drug-likeness (QED) is 0.657. The fourth-order valence-corrected chi connectivity index (χ4v) is 1.51. The van der Waals surface area contributed by atoms with Crippen molar-refractivity contribution in [3.8, 4) is 17.6 Å². The van der Waals surface area contributed by atoms with Crippen LogP contribution in [0.3, 0.4) is 0 Å². The summed E-state index contributed by atoms with van der Waals surface area (Å²) in [5.41, 5.74) is 6.90. The highest BCUT2D eigenvalue weighted by Crippen LogP contribution is 2.14. The third-order valence-electron chi connectivity index (χ3n) is 2.48. The average molecular weight is 254 g/mol. The monoisotopic (exact) mass is 254 g/mol. The molecule has 4 nitrogen and oxygen atoms in total. The smallest absolute Gasteiger partial charge is 0.122 e. The molecule has 96 valence electrons. The Balaban J connectivity index is 1.74. The zero-order valence-corrected chi connectivity index (χ0v) is 10.4. The van der Waals surface area contributed by atoms with Crippen molar-refractivity contribution < 1.29 is 9.47 Å². The van der Waals surface area contributed by atoms with Gasteiger partial charge in [0.25, 0.3) is 0 Å². The number of ether oxygens (including phenoxy) is 2. The molecule has 0 saturated heterocycles. The molecule has 0 aliphatic rings. The van der Waals surface area contributed by atoms with Gasteiger partial charge in [0.15, 0.2) is 0 Å². The van der Waals surface area contributed by atoms with Crippen LogP contribution in [0.15, 0.2) is 48.5 Å². The van der Waals surface area contributed by atoms with Gasteiger partial charge in [0, 0.05) is 5.69 Å². The molecule has 19 heavy (non-hydrogen) atoms. The van der Waals surface area contributed by atoms with Crippen LogP contribution in [0.4, 0.5) is 5.69 Å². The van der Waals surface area contributed by atoms with Gasteiger partial charge in [-0.15, -0.1) is 0 Å². The van der Waals surface area contributed by atoms with Crippen molar-refractivity contribution in [2.75, 3.05) is 18.9 Å². The summed E-state index contributed by atoms with van der Waals surface area (Å²) in [5.74, 6) is 1.48. The predicted octanol–water partition coefficient (Wildman–Crippen LogP) is 2.60. The van der Waals surface area contributed by atoms with Crippen molar-refractivity contribution in [2.24, 2.45) is 0 Å². The van der Waals surface area contributed by atoms with Crippen LogP contribution in [0.25, 0.3) is 0 Å². The second-order valence-electron chi connectivity index (χ2n) is 3.90. The first-order valence-corrected chi connectivity index (χ1v) is 5.89. The number of nitrogens with zero attached hydrogens (tertiary/aromatic N) is 1. The van der Waals surface area contributed by atoms with Gasteiger partial charge in [-0.3, -0.25) is 0 Å². The molecule has 0 fully saturated rings. The van der Waals surface area contributed by atoms with Gasteiger partial charge in [-0.2, -0.15) is 5.26 Å². The molecule has 0 amide bonds. The van der Waals surface area contributed by atoms with Crippen molar-refractivity contribution in [1.82, 2.24) is 0 Å². The van der Waals surface area contributed by atoms with Crippen LogP contribution in [0, 0.1) is 11.3 Å². The van der Waals surface area contributed by atoms with Crippen LogP contribution in [-0.2, 0) is 0 Å². The van der Waals surface area contributed by atoms with E-state index in [9.17, 15) is 0 Å². The molecule has 0 saturated carbocycles. The minimum Gasteiger partial charge on any atom is -0.490 e. The summed E-state index contributed by atoms with van der Waals surface area (Å²) < 4.78 is 11.0. The van der Waals surface area contributed by atoms with Crippen molar-refractivity contribution in [1.29, 1.82) is 5.26 Å². The Morgan fingerprint density at radius 1 is 0.842 bits per heavy atom. The van der Waals surface area contributed by atoms with Crippen LogP contribution in [0.2, 0.25) is 0 Å². The Bertz CT molecular complexity index is 556. The second kappa shape index (κ2) is 6.31. The predicted molar refractivity (Wildman–Crippen MR) is 73.0 cm³/mol. The number of rotatable bonds is 5. The van der Waals surface area contributed by atoms with E-state index in [0.717, 1.165) is 11.5 Å². The number of hydrogen-bond acceptors (Lipinski definition) is 4. The molecule has 2 N–H and O–H groups in total. The summed E-state index contributed by atoms with van der Waals surface area (Å²) in [4.78, 5) is 0. The van der Waals surface area contributed by atoms with E-state index < -0.39 is 0 Å². The third-order valence-corrected chi connectivity index (χ3v) is 2.48. The minimum atomic E-state index is 0.441. The summed E-state index contributed by atoms with van der Waals surface area (Å²) in [6.07, 6.45) is 0. The van der Waals surface area contributed by atoms with Crippen LogP contribution in [-0.4, -0.2) is 13.2 Å². The van der Waals surface area contributed by atoms with Gasteiger partial charge >= 0.3 is 0 Å². The number of anilines is 1. The Labute approximate surface area is 112 Å². The van der Waals surface area contributed by atoms with E-state index in [0.29, 0.717) is 24.5 Å². The van der Waals surface area contributed by atoms with E-state index in [1.165, 1.54) is 0 Å². The van der Waals surface area contributed by atoms with Gasteiger partial charge in [0.1, 0.15) is 24.7 Å². The van der Waals surface area contributed by atoms with Crippen molar-refractivity contribution in [3.05, 3.63) is 54.1 Å². The molecule has 0 aromatic heterocycles. The van der Waals surface area contributed by atoms with E-state index in [1.54, 1.807) is 36.4 Å². The molecule has 0 radical (unpaired) electrons.